The number of benzene rings is 1. The van der Waals surface area contributed by atoms with Crippen molar-refractivity contribution in [2.75, 3.05) is 0 Å². The highest BCUT2D eigenvalue weighted by molar-refractivity contribution is 6.42. The number of carbonyl (C=O) groups excluding carboxylic acids is 2. The molecular weight excluding hydrogens is 325 g/mol. The van der Waals surface area contributed by atoms with Gasteiger partial charge in [0.2, 0.25) is 0 Å². The molecule has 0 bridgehead atoms. The van der Waals surface area contributed by atoms with Crippen LogP contribution in [0.3, 0.4) is 0 Å². The fraction of sp³-hybridized carbons (Fsp3) is 0.500. The highest BCUT2D eigenvalue weighted by Crippen LogP contribution is 2.23. The summed E-state index contributed by atoms with van der Waals surface area (Å²) in [7, 11) is 0. The van der Waals surface area contributed by atoms with Crippen molar-refractivity contribution in [1.29, 1.82) is 0 Å². The zero-order valence-electron chi connectivity index (χ0n) is 12.4. The van der Waals surface area contributed by atoms with E-state index in [1.54, 1.807) is 25.1 Å². The molecule has 0 radical (unpaired) electrons. The summed E-state index contributed by atoms with van der Waals surface area (Å²) < 4.78 is 5.17. The van der Waals surface area contributed by atoms with Gasteiger partial charge in [0.25, 0.3) is 5.91 Å². The summed E-state index contributed by atoms with van der Waals surface area (Å²) in [4.78, 5) is 23.8. The van der Waals surface area contributed by atoms with E-state index in [0.29, 0.717) is 15.6 Å². The number of halogens is 2. The molecule has 0 saturated heterocycles. The van der Waals surface area contributed by atoms with E-state index in [4.69, 9.17) is 27.9 Å². The van der Waals surface area contributed by atoms with E-state index < -0.39 is 12.1 Å². The Morgan fingerprint density at radius 2 is 1.95 bits per heavy atom. The monoisotopic (exact) mass is 343 g/mol. The third kappa shape index (κ3) is 4.89. The van der Waals surface area contributed by atoms with Gasteiger partial charge < -0.3 is 10.1 Å². The van der Waals surface area contributed by atoms with Crippen molar-refractivity contribution in [2.24, 2.45) is 0 Å². The Hall–Kier alpha value is -1.26. The zero-order valence-corrected chi connectivity index (χ0v) is 13.9. The molecule has 1 aromatic rings. The second-order valence-electron chi connectivity index (χ2n) is 5.55. The molecule has 1 saturated carbocycles. The Labute approximate surface area is 140 Å². The molecule has 1 aliphatic carbocycles. The van der Waals surface area contributed by atoms with Crippen LogP contribution in [0.4, 0.5) is 0 Å². The molecule has 2 rings (SSSR count). The largest absolute Gasteiger partial charge is 0.452 e. The molecule has 0 aliphatic heterocycles. The van der Waals surface area contributed by atoms with Gasteiger partial charge in [-0.1, -0.05) is 42.1 Å². The van der Waals surface area contributed by atoms with Gasteiger partial charge >= 0.3 is 5.97 Å². The molecule has 0 aromatic heterocycles. The maximum atomic E-state index is 12.0. The minimum Gasteiger partial charge on any atom is -0.452 e. The van der Waals surface area contributed by atoms with Crippen LogP contribution in [-0.4, -0.2) is 24.0 Å². The van der Waals surface area contributed by atoms with Crippen LogP contribution in [0.5, 0.6) is 0 Å². The van der Waals surface area contributed by atoms with Crippen LogP contribution in [0.1, 0.15) is 38.2 Å². The Bertz CT molecular complexity index is 556. The Morgan fingerprint density at radius 3 is 2.59 bits per heavy atom. The minimum absolute atomic E-state index is 0.0535. The van der Waals surface area contributed by atoms with Crippen LogP contribution < -0.4 is 5.32 Å². The van der Waals surface area contributed by atoms with Crippen LogP contribution >= 0.6 is 23.2 Å². The second kappa shape index (κ2) is 7.84. The summed E-state index contributed by atoms with van der Waals surface area (Å²) in [6.07, 6.45) is 3.52. The van der Waals surface area contributed by atoms with E-state index in [1.807, 2.05) is 0 Å². The first-order valence-corrected chi connectivity index (χ1v) is 8.15. The van der Waals surface area contributed by atoms with E-state index in [2.05, 4.69) is 5.32 Å². The molecule has 1 aromatic carbocycles. The molecule has 120 valence electrons. The van der Waals surface area contributed by atoms with Crippen molar-refractivity contribution >= 4 is 35.1 Å². The molecule has 1 amide bonds. The van der Waals surface area contributed by atoms with Gasteiger partial charge in [-0.05, 0) is 37.5 Å². The van der Waals surface area contributed by atoms with E-state index in [9.17, 15) is 9.59 Å². The Balaban J connectivity index is 1.82. The molecular formula is C16H19Cl2NO3. The standard InChI is InChI=1S/C16H19Cl2NO3/c1-10(16(21)19-12-4-2-3-5-12)22-15(20)9-11-6-7-13(17)14(18)8-11/h6-8,10,12H,2-5,9H2,1H3,(H,19,21). The van der Waals surface area contributed by atoms with Crippen LogP contribution in [0, 0.1) is 0 Å². The molecule has 22 heavy (non-hydrogen) atoms. The van der Waals surface area contributed by atoms with Gasteiger partial charge in [0, 0.05) is 6.04 Å². The lowest BCUT2D eigenvalue weighted by Crippen LogP contribution is -2.41. The Kier molecular flexibility index (Phi) is 6.09. The summed E-state index contributed by atoms with van der Waals surface area (Å²) >= 11 is 11.7. The first kappa shape index (κ1) is 17.1. The van der Waals surface area contributed by atoms with Gasteiger partial charge in [0.1, 0.15) is 0 Å². The number of rotatable bonds is 5. The molecule has 0 spiro atoms. The topological polar surface area (TPSA) is 55.4 Å². The van der Waals surface area contributed by atoms with Crippen molar-refractivity contribution in [1.82, 2.24) is 5.32 Å². The quantitative estimate of drug-likeness (QED) is 0.832. The first-order valence-electron chi connectivity index (χ1n) is 7.39. The van der Waals surface area contributed by atoms with Crippen molar-refractivity contribution in [3.8, 4) is 0 Å². The lowest BCUT2D eigenvalue weighted by atomic mass is 10.1. The summed E-state index contributed by atoms with van der Waals surface area (Å²) in [5.41, 5.74) is 0.697. The first-order chi connectivity index (χ1) is 10.5. The molecule has 1 unspecified atom stereocenters. The summed E-state index contributed by atoms with van der Waals surface area (Å²) in [6.45, 7) is 1.58. The fourth-order valence-electron chi connectivity index (χ4n) is 2.50. The maximum absolute atomic E-state index is 12.0. The van der Waals surface area contributed by atoms with E-state index in [1.165, 1.54) is 0 Å². The lowest BCUT2D eigenvalue weighted by molar-refractivity contribution is -0.154. The number of hydrogen-bond donors (Lipinski definition) is 1. The van der Waals surface area contributed by atoms with Crippen molar-refractivity contribution < 1.29 is 14.3 Å². The summed E-state index contributed by atoms with van der Waals surface area (Å²) in [5, 5.41) is 3.73. The number of amides is 1. The normalized spacial score (nSPS) is 16.3. The van der Waals surface area contributed by atoms with Crippen LogP contribution in [-0.2, 0) is 20.7 Å². The SMILES string of the molecule is CC(OC(=O)Cc1ccc(Cl)c(Cl)c1)C(=O)NC1CCCC1. The molecule has 1 fully saturated rings. The van der Waals surface area contributed by atoms with Gasteiger partial charge in [0.15, 0.2) is 6.10 Å². The predicted octanol–water partition coefficient (Wildman–Crippen LogP) is 3.53. The van der Waals surface area contributed by atoms with Gasteiger partial charge in [-0.25, -0.2) is 0 Å². The van der Waals surface area contributed by atoms with Gasteiger partial charge in [-0.15, -0.1) is 0 Å². The fourth-order valence-corrected chi connectivity index (χ4v) is 2.82. The lowest BCUT2D eigenvalue weighted by Gasteiger charge is -2.17. The molecule has 4 nitrogen and oxygen atoms in total. The van der Waals surface area contributed by atoms with Gasteiger partial charge in [0.05, 0.1) is 16.5 Å². The number of nitrogens with one attached hydrogen (secondary N) is 1. The van der Waals surface area contributed by atoms with Crippen molar-refractivity contribution in [2.45, 2.75) is 51.2 Å². The van der Waals surface area contributed by atoms with Gasteiger partial charge in [-0.3, -0.25) is 9.59 Å². The van der Waals surface area contributed by atoms with Gasteiger partial charge in [-0.2, -0.15) is 0 Å². The number of ether oxygens (including phenoxy) is 1. The number of esters is 1. The molecule has 1 N–H and O–H groups in total. The number of hydrogen-bond acceptors (Lipinski definition) is 3. The Morgan fingerprint density at radius 1 is 1.27 bits per heavy atom. The third-order valence-electron chi connectivity index (χ3n) is 3.71. The van der Waals surface area contributed by atoms with Crippen molar-refractivity contribution in [3.63, 3.8) is 0 Å². The number of carbonyl (C=O) groups is 2. The molecule has 1 atom stereocenters. The highest BCUT2D eigenvalue weighted by atomic mass is 35.5. The van der Waals surface area contributed by atoms with E-state index >= 15 is 0 Å². The van der Waals surface area contributed by atoms with Crippen LogP contribution in [0.2, 0.25) is 10.0 Å². The van der Waals surface area contributed by atoms with E-state index in [0.717, 1.165) is 25.7 Å². The maximum Gasteiger partial charge on any atom is 0.311 e. The average molecular weight is 344 g/mol. The summed E-state index contributed by atoms with van der Waals surface area (Å²) in [6, 6.07) is 5.17. The molecule has 6 heteroatoms. The van der Waals surface area contributed by atoms with Crippen LogP contribution in [0.15, 0.2) is 18.2 Å². The smallest absolute Gasteiger partial charge is 0.311 e. The zero-order chi connectivity index (χ0) is 16.1. The summed E-state index contributed by atoms with van der Waals surface area (Å²) in [5.74, 6) is -0.707. The second-order valence-corrected chi connectivity index (χ2v) is 6.36. The van der Waals surface area contributed by atoms with E-state index in [-0.39, 0.29) is 18.4 Å². The minimum atomic E-state index is -0.795. The highest BCUT2D eigenvalue weighted by Gasteiger charge is 2.23. The molecule has 0 heterocycles. The predicted molar refractivity (Wildman–Crippen MR) is 86.1 cm³/mol. The van der Waals surface area contributed by atoms with Crippen molar-refractivity contribution in [3.05, 3.63) is 33.8 Å². The van der Waals surface area contributed by atoms with Crippen LogP contribution in [0.25, 0.3) is 0 Å². The third-order valence-corrected chi connectivity index (χ3v) is 4.45. The molecule has 1 aliphatic rings. The average Bonchev–Trinajstić information content (AvgIpc) is 2.95.